The van der Waals surface area contributed by atoms with Crippen molar-refractivity contribution < 1.29 is 9.90 Å². The summed E-state index contributed by atoms with van der Waals surface area (Å²) in [7, 11) is 0. The van der Waals surface area contributed by atoms with E-state index in [1.54, 1.807) is 11.8 Å². The van der Waals surface area contributed by atoms with Crippen molar-refractivity contribution in [2.24, 2.45) is 0 Å². The zero-order valence-corrected chi connectivity index (χ0v) is 8.62. The number of piperidine rings is 1. The van der Waals surface area contributed by atoms with E-state index in [1.165, 1.54) is 12.8 Å². The smallest absolute Gasteiger partial charge is 0.219 e. The lowest BCUT2D eigenvalue weighted by molar-refractivity contribution is -0.160. The Morgan fingerprint density at radius 3 is 2.71 bits per heavy atom. The van der Waals surface area contributed by atoms with Crippen LogP contribution in [0.5, 0.6) is 0 Å². The van der Waals surface area contributed by atoms with Crippen LogP contribution in [-0.4, -0.2) is 47.2 Å². The predicted octanol–water partition coefficient (Wildman–Crippen LogP) is -0.278. The van der Waals surface area contributed by atoms with Gasteiger partial charge in [-0.3, -0.25) is 4.79 Å². The molecule has 2 rings (SSSR count). The van der Waals surface area contributed by atoms with Crippen molar-refractivity contribution >= 4 is 5.91 Å². The summed E-state index contributed by atoms with van der Waals surface area (Å²) in [6, 6.07) is 0.187. The molecule has 0 saturated carbocycles. The molecule has 0 aromatic rings. The van der Waals surface area contributed by atoms with E-state index in [4.69, 9.17) is 0 Å². The van der Waals surface area contributed by atoms with Crippen LogP contribution in [0.4, 0.5) is 0 Å². The Labute approximate surface area is 84.3 Å². The maximum atomic E-state index is 11.0. The molecule has 0 bridgehead atoms. The van der Waals surface area contributed by atoms with Crippen molar-refractivity contribution in [1.29, 1.82) is 0 Å². The van der Waals surface area contributed by atoms with Gasteiger partial charge in [0.25, 0.3) is 0 Å². The lowest BCUT2D eigenvalue weighted by atomic mass is 9.81. The van der Waals surface area contributed by atoms with E-state index < -0.39 is 5.60 Å². The number of amides is 1. The third-order valence-corrected chi connectivity index (χ3v) is 3.33. The summed E-state index contributed by atoms with van der Waals surface area (Å²) in [4.78, 5) is 12.7. The Balaban J connectivity index is 1.89. The molecule has 0 aromatic carbocycles. The number of nitrogens with one attached hydrogen (secondary N) is 1. The normalized spacial score (nSPS) is 31.0. The molecule has 2 fully saturated rings. The first-order chi connectivity index (χ1) is 6.62. The number of likely N-dealkylation sites (tertiary alicyclic amines) is 1. The van der Waals surface area contributed by atoms with Crippen LogP contribution < -0.4 is 5.32 Å². The summed E-state index contributed by atoms with van der Waals surface area (Å²) < 4.78 is 0. The summed E-state index contributed by atoms with van der Waals surface area (Å²) >= 11 is 0. The maximum Gasteiger partial charge on any atom is 0.219 e. The largest absolute Gasteiger partial charge is 0.385 e. The molecule has 0 aliphatic carbocycles. The predicted molar refractivity (Wildman–Crippen MR) is 52.8 cm³/mol. The third-order valence-electron chi connectivity index (χ3n) is 3.33. The molecule has 2 heterocycles. The lowest BCUT2D eigenvalue weighted by Gasteiger charge is -2.51. The summed E-state index contributed by atoms with van der Waals surface area (Å²) in [6.45, 7) is 3.54. The monoisotopic (exact) mass is 198 g/mol. The number of hydrogen-bond acceptors (Lipinski definition) is 3. The Kier molecular flexibility index (Phi) is 2.49. The second-order valence-electron chi connectivity index (χ2n) is 4.48. The summed E-state index contributed by atoms with van der Waals surface area (Å²) in [5.74, 6) is 0.0606. The van der Waals surface area contributed by atoms with E-state index in [2.05, 4.69) is 5.32 Å². The second kappa shape index (κ2) is 3.51. The van der Waals surface area contributed by atoms with Gasteiger partial charge in [-0.25, -0.2) is 0 Å². The Hall–Kier alpha value is -0.610. The number of carbonyl (C=O) groups is 1. The van der Waals surface area contributed by atoms with Gasteiger partial charge >= 0.3 is 0 Å². The van der Waals surface area contributed by atoms with Gasteiger partial charge in [-0.05, 0) is 19.4 Å². The number of nitrogens with zero attached hydrogens (tertiary/aromatic N) is 1. The van der Waals surface area contributed by atoms with E-state index in [0.29, 0.717) is 13.1 Å². The van der Waals surface area contributed by atoms with Gasteiger partial charge in [0.15, 0.2) is 0 Å². The van der Waals surface area contributed by atoms with Gasteiger partial charge in [-0.1, -0.05) is 6.42 Å². The first-order valence-electron chi connectivity index (χ1n) is 5.33. The first-order valence-corrected chi connectivity index (χ1v) is 5.33. The van der Waals surface area contributed by atoms with E-state index in [0.717, 1.165) is 13.0 Å². The van der Waals surface area contributed by atoms with Crippen LogP contribution in [0.1, 0.15) is 26.2 Å². The zero-order chi connectivity index (χ0) is 10.2. The minimum Gasteiger partial charge on any atom is -0.385 e. The average Bonchev–Trinajstić information content (AvgIpc) is 2.14. The molecule has 2 aliphatic heterocycles. The molecular formula is C10H18N2O2. The second-order valence-corrected chi connectivity index (χ2v) is 4.48. The van der Waals surface area contributed by atoms with Gasteiger partial charge in [0.1, 0.15) is 5.60 Å². The lowest BCUT2D eigenvalue weighted by Crippen LogP contribution is -2.71. The van der Waals surface area contributed by atoms with Crippen molar-refractivity contribution in [1.82, 2.24) is 10.2 Å². The van der Waals surface area contributed by atoms with Gasteiger partial charge in [-0.15, -0.1) is 0 Å². The summed E-state index contributed by atoms with van der Waals surface area (Å²) in [6.07, 6.45) is 3.41. The molecule has 14 heavy (non-hydrogen) atoms. The molecule has 1 amide bonds. The van der Waals surface area contributed by atoms with Crippen LogP contribution in [0.25, 0.3) is 0 Å². The highest BCUT2D eigenvalue weighted by molar-refractivity contribution is 5.74. The zero-order valence-electron chi connectivity index (χ0n) is 8.62. The fraction of sp³-hybridized carbons (Fsp3) is 0.900. The minimum atomic E-state index is -0.661. The SMILES string of the molecule is CC(=O)N1CC(O)(C2CCCCN2)C1. The maximum absolute atomic E-state index is 11.0. The highest BCUT2D eigenvalue weighted by Gasteiger charge is 2.48. The van der Waals surface area contributed by atoms with Crippen LogP contribution in [0.2, 0.25) is 0 Å². The molecule has 2 aliphatic rings. The quantitative estimate of drug-likeness (QED) is 0.609. The van der Waals surface area contributed by atoms with Crippen LogP contribution in [0, 0.1) is 0 Å². The molecule has 2 N–H and O–H groups in total. The average molecular weight is 198 g/mol. The van der Waals surface area contributed by atoms with Gasteiger partial charge in [0.05, 0.1) is 13.1 Å². The molecule has 0 spiro atoms. The van der Waals surface area contributed by atoms with Crippen molar-refractivity contribution in [3.05, 3.63) is 0 Å². The Morgan fingerprint density at radius 2 is 2.21 bits per heavy atom. The molecule has 4 heteroatoms. The molecule has 80 valence electrons. The van der Waals surface area contributed by atoms with Crippen LogP contribution in [-0.2, 0) is 4.79 Å². The number of carbonyl (C=O) groups excluding carboxylic acids is 1. The van der Waals surface area contributed by atoms with Crippen LogP contribution >= 0.6 is 0 Å². The van der Waals surface area contributed by atoms with Gasteiger partial charge in [-0.2, -0.15) is 0 Å². The highest BCUT2D eigenvalue weighted by Crippen LogP contribution is 2.28. The molecule has 0 aromatic heterocycles. The molecule has 1 unspecified atom stereocenters. The number of β-amino-alcohol motifs (C(OH)–C–C–N with tert-alkyl or cyclic N) is 1. The van der Waals surface area contributed by atoms with Crippen molar-refractivity contribution in [3.63, 3.8) is 0 Å². The standard InChI is InChI=1S/C10H18N2O2/c1-8(13)12-6-10(14,7-12)9-4-2-3-5-11-9/h9,11,14H,2-7H2,1H3. The fourth-order valence-electron chi connectivity index (χ4n) is 2.37. The van der Waals surface area contributed by atoms with Crippen molar-refractivity contribution in [2.75, 3.05) is 19.6 Å². The topological polar surface area (TPSA) is 52.6 Å². The number of rotatable bonds is 1. The van der Waals surface area contributed by atoms with Crippen LogP contribution in [0.15, 0.2) is 0 Å². The summed E-state index contributed by atoms with van der Waals surface area (Å²) in [5.41, 5.74) is -0.661. The van der Waals surface area contributed by atoms with Crippen molar-refractivity contribution in [3.8, 4) is 0 Å². The van der Waals surface area contributed by atoms with Gasteiger partial charge < -0.3 is 15.3 Å². The third kappa shape index (κ3) is 1.64. The first kappa shape index (κ1) is 9.93. The van der Waals surface area contributed by atoms with E-state index >= 15 is 0 Å². The van der Waals surface area contributed by atoms with Gasteiger partial charge in [0.2, 0.25) is 5.91 Å². The number of aliphatic hydroxyl groups is 1. The molecule has 0 radical (unpaired) electrons. The molecule has 4 nitrogen and oxygen atoms in total. The Bertz CT molecular complexity index is 230. The molecule has 1 atom stereocenters. The minimum absolute atomic E-state index is 0.0606. The van der Waals surface area contributed by atoms with E-state index in [-0.39, 0.29) is 11.9 Å². The molecule has 2 saturated heterocycles. The Morgan fingerprint density at radius 1 is 1.50 bits per heavy atom. The number of hydrogen-bond donors (Lipinski definition) is 2. The van der Waals surface area contributed by atoms with E-state index in [9.17, 15) is 9.90 Å². The fourth-order valence-corrected chi connectivity index (χ4v) is 2.37. The summed E-state index contributed by atoms with van der Waals surface area (Å²) in [5, 5.41) is 13.5. The van der Waals surface area contributed by atoms with Gasteiger partial charge in [0, 0.05) is 13.0 Å². The molecular weight excluding hydrogens is 180 g/mol. The van der Waals surface area contributed by atoms with Crippen LogP contribution in [0.3, 0.4) is 0 Å². The highest BCUT2D eigenvalue weighted by atomic mass is 16.3. The van der Waals surface area contributed by atoms with Crippen molar-refractivity contribution in [2.45, 2.75) is 37.8 Å². The van der Waals surface area contributed by atoms with E-state index in [1.807, 2.05) is 0 Å².